The summed E-state index contributed by atoms with van der Waals surface area (Å²) in [6.07, 6.45) is 4.14. The van der Waals surface area contributed by atoms with Gasteiger partial charge < -0.3 is 10.2 Å². The second-order valence-corrected chi connectivity index (χ2v) is 10.7. The third-order valence-corrected chi connectivity index (χ3v) is 7.25. The molecule has 1 heterocycles. The van der Waals surface area contributed by atoms with Crippen molar-refractivity contribution in [2.75, 3.05) is 29.0 Å². The highest BCUT2D eigenvalue weighted by molar-refractivity contribution is 7.92. The molecule has 0 spiro atoms. The fourth-order valence-corrected chi connectivity index (χ4v) is 5.06. The molecule has 9 heteroatoms. The zero-order chi connectivity index (χ0) is 25.7. The number of carbonyl (C=O) groups excluding carboxylic acids is 2. The molecular weight excluding hydrogens is 481 g/mol. The van der Waals surface area contributed by atoms with Gasteiger partial charge in [-0.3, -0.25) is 13.9 Å². The van der Waals surface area contributed by atoms with Crippen LogP contribution in [0.2, 0.25) is 0 Å². The van der Waals surface area contributed by atoms with E-state index in [1.807, 2.05) is 4.90 Å². The number of hydrogen-bond acceptors (Lipinski definition) is 4. The van der Waals surface area contributed by atoms with Crippen molar-refractivity contribution < 1.29 is 22.4 Å². The highest BCUT2D eigenvalue weighted by atomic mass is 32.2. The average Bonchev–Trinajstić information content (AvgIpc) is 2.88. The SMILES string of the molecule is CS(=O)(=O)N(Cc1ccc(F)cc1)c1ccc(C(=O)Nc2ccccc2C(=O)N2CCCCC2)cc1. The number of likely N-dealkylation sites (tertiary alicyclic amines) is 1. The first-order chi connectivity index (χ1) is 17.2. The molecule has 1 aliphatic rings. The van der Waals surface area contributed by atoms with Crippen LogP contribution >= 0.6 is 0 Å². The van der Waals surface area contributed by atoms with Gasteiger partial charge in [-0.15, -0.1) is 0 Å². The first-order valence-corrected chi connectivity index (χ1v) is 13.6. The van der Waals surface area contributed by atoms with Crippen LogP contribution in [0.4, 0.5) is 15.8 Å². The Morgan fingerprint density at radius 1 is 0.917 bits per heavy atom. The maximum atomic E-state index is 13.2. The fraction of sp³-hybridized carbons (Fsp3) is 0.259. The van der Waals surface area contributed by atoms with Crippen molar-refractivity contribution in [1.82, 2.24) is 4.90 Å². The van der Waals surface area contributed by atoms with Crippen molar-refractivity contribution in [2.45, 2.75) is 25.8 Å². The molecule has 7 nitrogen and oxygen atoms in total. The molecule has 1 saturated heterocycles. The summed E-state index contributed by atoms with van der Waals surface area (Å²) in [7, 11) is -3.64. The van der Waals surface area contributed by atoms with Crippen LogP contribution in [0.25, 0.3) is 0 Å². The highest BCUT2D eigenvalue weighted by Crippen LogP contribution is 2.24. The lowest BCUT2D eigenvalue weighted by atomic mass is 10.1. The molecule has 4 rings (SSSR count). The van der Waals surface area contributed by atoms with Gasteiger partial charge in [0.1, 0.15) is 5.82 Å². The zero-order valence-corrected chi connectivity index (χ0v) is 20.8. The Balaban J connectivity index is 1.51. The molecule has 0 atom stereocenters. The lowest BCUT2D eigenvalue weighted by Gasteiger charge is -2.27. The quantitative estimate of drug-likeness (QED) is 0.502. The van der Waals surface area contributed by atoms with Gasteiger partial charge in [0.25, 0.3) is 11.8 Å². The Kier molecular flexibility index (Phi) is 7.69. The molecular formula is C27H28FN3O4S. The van der Waals surface area contributed by atoms with E-state index < -0.39 is 21.7 Å². The standard InChI is InChI=1S/C27H28FN3O4S/c1-36(34,35)31(19-20-9-13-22(28)14-10-20)23-15-11-21(12-16-23)26(32)29-25-8-4-3-7-24(25)27(33)30-17-5-2-6-18-30/h3-4,7-16H,2,5-6,17-19H2,1H3,(H,29,32). The van der Waals surface area contributed by atoms with Crippen molar-refractivity contribution >= 4 is 33.2 Å². The highest BCUT2D eigenvalue weighted by Gasteiger charge is 2.22. The molecule has 1 aliphatic heterocycles. The van der Waals surface area contributed by atoms with Gasteiger partial charge in [-0.05, 0) is 73.4 Å². The smallest absolute Gasteiger partial charge is 0.255 e. The molecule has 0 saturated carbocycles. The van der Waals surface area contributed by atoms with Crippen molar-refractivity contribution in [1.29, 1.82) is 0 Å². The van der Waals surface area contributed by atoms with E-state index in [0.29, 0.717) is 41.2 Å². The van der Waals surface area contributed by atoms with Gasteiger partial charge in [0.15, 0.2) is 0 Å². The van der Waals surface area contributed by atoms with E-state index >= 15 is 0 Å². The van der Waals surface area contributed by atoms with Gasteiger partial charge in [0, 0.05) is 18.7 Å². The average molecular weight is 510 g/mol. The molecule has 0 radical (unpaired) electrons. The van der Waals surface area contributed by atoms with Crippen LogP contribution in [0, 0.1) is 5.82 Å². The van der Waals surface area contributed by atoms with Crippen LogP contribution < -0.4 is 9.62 Å². The topological polar surface area (TPSA) is 86.8 Å². The zero-order valence-electron chi connectivity index (χ0n) is 20.0. The van der Waals surface area contributed by atoms with Gasteiger partial charge in [0.05, 0.1) is 29.7 Å². The van der Waals surface area contributed by atoms with Gasteiger partial charge in [0.2, 0.25) is 10.0 Å². The van der Waals surface area contributed by atoms with E-state index in [4.69, 9.17) is 0 Å². The van der Waals surface area contributed by atoms with Gasteiger partial charge in [-0.1, -0.05) is 24.3 Å². The largest absolute Gasteiger partial charge is 0.339 e. The Morgan fingerprint density at radius 3 is 2.19 bits per heavy atom. The van der Waals surface area contributed by atoms with E-state index in [9.17, 15) is 22.4 Å². The number of nitrogens with one attached hydrogen (secondary N) is 1. The predicted octanol–water partition coefficient (Wildman–Crippen LogP) is 4.67. The second-order valence-electron chi connectivity index (χ2n) is 8.80. The minimum absolute atomic E-state index is 0.0244. The van der Waals surface area contributed by atoms with Crippen molar-refractivity contribution in [3.05, 3.63) is 95.3 Å². The number of hydrogen-bond donors (Lipinski definition) is 1. The Bertz CT molecular complexity index is 1340. The van der Waals surface area contributed by atoms with Crippen LogP contribution in [0.5, 0.6) is 0 Å². The number of amides is 2. The number of para-hydroxylation sites is 1. The van der Waals surface area contributed by atoms with Gasteiger partial charge in [-0.25, -0.2) is 12.8 Å². The third kappa shape index (κ3) is 6.09. The maximum absolute atomic E-state index is 13.2. The molecule has 3 aromatic rings. The number of halogens is 1. The summed E-state index contributed by atoms with van der Waals surface area (Å²) in [5, 5.41) is 2.82. The molecule has 1 fully saturated rings. The number of piperidine rings is 1. The molecule has 3 aromatic carbocycles. The summed E-state index contributed by atoms with van der Waals surface area (Å²) in [4.78, 5) is 27.8. The maximum Gasteiger partial charge on any atom is 0.255 e. The minimum Gasteiger partial charge on any atom is -0.339 e. The monoisotopic (exact) mass is 509 g/mol. The first-order valence-electron chi connectivity index (χ1n) is 11.7. The molecule has 2 amide bonds. The number of nitrogens with zero attached hydrogens (tertiary/aromatic N) is 2. The van der Waals surface area contributed by atoms with Crippen molar-refractivity contribution in [3.63, 3.8) is 0 Å². The summed E-state index contributed by atoms with van der Waals surface area (Å²) < 4.78 is 39.3. The van der Waals surface area contributed by atoms with Crippen molar-refractivity contribution in [2.24, 2.45) is 0 Å². The Morgan fingerprint density at radius 2 is 1.56 bits per heavy atom. The van der Waals surface area contributed by atoms with Gasteiger partial charge in [-0.2, -0.15) is 0 Å². The third-order valence-electron chi connectivity index (χ3n) is 6.11. The number of anilines is 2. The number of carbonyl (C=O) groups is 2. The van der Waals surface area contributed by atoms with Crippen LogP contribution in [-0.4, -0.2) is 44.5 Å². The van der Waals surface area contributed by atoms with Crippen LogP contribution in [0.1, 0.15) is 45.5 Å². The van der Waals surface area contributed by atoms with E-state index in [1.165, 1.54) is 40.7 Å². The van der Waals surface area contributed by atoms with Crippen LogP contribution in [0.15, 0.2) is 72.8 Å². The molecule has 0 aliphatic carbocycles. The summed E-state index contributed by atoms with van der Waals surface area (Å²) in [6.45, 7) is 1.44. The lowest BCUT2D eigenvalue weighted by Crippen LogP contribution is -2.36. The molecule has 1 N–H and O–H groups in total. The summed E-state index contributed by atoms with van der Waals surface area (Å²) in [5.41, 5.74) is 2.18. The molecule has 0 aromatic heterocycles. The summed E-state index contributed by atoms with van der Waals surface area (Å²) in [6, 6.07) is 18.7. The molecule has 188 valence electrons. The second kappa shape index (κ2) is 10.9. The van der Waals surface area contributed by atoms with E-state index in [1.54, 1.807) is 36.4 Å². The summed E-state index contributed by atoms with van der Waals surface area (Å²) >= 11 is 0. The van der Waals surface area contributed by atoms with Gasteiger partial charge >= 0.3 is 0 Å². The lowest BCUT2D eigenvalue weighted by molar-refractivity contribution is 0.0725. The Hall–Kier alpha value is -3.72. The minimum atomic E-state index is -3.64. The molecule has 0 unspecified atom stereocenters. The van der Waals surface area contributed by atoms with E-state index in [2.05, 4.69) is 5.32 Å². The fourth-order valence-electron chi connectivity index (χ4n) is 4.18. The van der Waals surface area contributed by atoms with E-state index in [-0.39, 0.29) is 12.5 Å². The first kappa shape index (κ1) is 25.4. The number of benzene rings is 3. The molecule has 36 heavy (non-hydrogen) atoms. The van der Waals surface area contributed by atoms with Crippen LogP contribution in [-0.2, 0) is 16.6 Å². The summed E-state index contributed by atoms with van der Waals surface area (Å²) in [5.74, 6) is -0.922. The number of sulfonamides is 1. The van der Waals surface area contributed by atoms with E-state index in [0.717, 1.165) is 25.5 Å². The number of rotatable bonds is 7. The van der Waals surface area contributed by atoms with Crippen LogP contribution in [0.3, 0.4) is 0 Å². The molecule has 0 bridgehead atoms. The normalized spacial score (nSPS) is 13.8. The van der Waals surface area contributed by atoms with Crippen molar-refractivity contribution in [3.8, 4) is 0 Å². The Labute approximate surface area is 210 Å². The predicted molar refractivity (Wildman–Crippen MR) is 138 cm³/mol.